The molecule has 1 rings (SSSR count). The molecule has 0 fully saturated rings. The lowest BCUT2D eigenvalue weighted by Crippen LogP contribution is -2.88. The second kappa shape index (κ2) is 6.22. The van der Waals surface area contributed by atoms with Crippen LogP contribution in [0.1, 0.15) is 13.8 Å². The van der Waals surface area contributed by atoms with E-state index in [0.29, 0.717) is 5.92 Å². The summed E-state index contributed by atoms with van der Waals surface area (Å²) in [5.41, 5.74) is 3.23. The van der Waals surface area contributed by atoms with E-state index in [1.54, 1.807) is 6.20 Å². The highest BCUT2D eigenvalue weighted by molar-refractivity contribution is 6.49. The van der Waals surface area contributed by atoms with Crippen LogP contribution in [0.4, 0.5) is 0 Å². The molecule has 0 aromatic carbocycles. The summed E-state index contributed by atoms with van der Waals surface area (Å²) in [7, 11) is 1.96. The van der Waals surface area contributed by atoms with Crippen LogP contribution < -0.4 is 15.9 Å². The zero-order valence-electron chi connectivity index (χ0n) is 10.3. The first kappa shape index (κ1) is 12.6. The second-order valence-corrected chi connectivity index (χ2v) is 4.08. The van der Waals surface area contributed by atoms with E-state index in [4.69, 9.17) is 0 Å². The molecule has 0 saturated carbocycles. The maximum Gasteiger partial charge on any atom is 0.567 e. The van der Waals surface area contributed by atoms with Crippen molar-refractivity contribution in [3.05, 3.63) is 25.1 Å². The molecule has 16 heavy (non-hydrogen) atoms. The largest absolute Gasteiger partial charge is 0.567 e. The fourth-order valence-corrected chi connectivity index (χ4v) is 1.30. The Hall–Kier alpha value is -1.43. The molecule has 0 aromatic rings. The lowest BCUT2D eigenvalue weighted by molar-refractivity contribution is -0.502. The van der Waals surface area contributed by atoms with Gasteiger partial charge in [0.1, 0.15) is 0 Å². The highest BCUT2D eigenvalue weighted by atomic mass is 15.6. The van der Waals surface area contributed by atoms with E-state index in [2.05, 4.69) is 42.4 Å². The molecule has 6 heteroatoms. The topological polar surface area (TPSA) is 44.5 Å². The molecule has 0 aliphatic carbocycles. The van der Waals surface area contributed by atoms with Crippen molar-refractivity contribution in [3.8, 4) is 0 Å². The van der Waals surface area contributed by atoms with Crippen LogP contribution >= 0.6 is 0 Å². The second-order valence-electron chi connectivity index (χ2n) is 4.08. The van der Waals surface area contributed by atoms with Crippen LogP contribution in [0.25, 0.3) is 0 Å². The summed E-state index contributed by atoms with van der Waals surface area (Å²) in [5, 5.41) is 6.30. The SMILES string of the molecule is C=CN(C)B(N[NH+]=CC(C)C)N1C=CCN1. The molecular formula is C10H21BN5+. The van der Waals surface area contributed by atoms with Gasteiger partial charge in [0, 0.05) is 18.7 Å². The third kappa shape index (κ3) is 3.62. The number of nitrogens with one attached hydrogen (secondary N) is 3. The number of hydrogen-bond donors (Lipinski definition) is 3. The van der Waals surface area contributed by atoms with Gasteiger partial charge in [-0.05, 0) is 13.2 Å². The number of hydrazine groups is 2. The van der Waals surface area contributed by atoms with Gasteiger partial charge >= 0.3 is 7.12 Å². The Kier molecular flexibility index (Phi) is 4.92. The van der Waals surface area contributed by atoms with Gasteiger partial charge in [-0.1, -0.05) is 26.5 Å². The van der Waals surface area contributed by atoms with Gasteiger partial charge in [-0.2, -0.15) is 5.34 Å². The quantitative estimate of drug-likeness (QED) is 0.297. The van der Waals surface area contributed by atoms with Crippen LogP contribution in [0, 0.1) is 5.92 Å². The molecule has 1 aliphatic rings. The molecule has 1 aliphatic heterocycles. The summed E-state index contributed by atoms with van der Waals surface area (Å²) in [6, 6.07) is 0. The highest BCUT2D eigenvalue weighted by Gasteiger charge is 2.30. The van der Waals surface area contributed by atoms with Gasteiger partial charge < -0.3 is 9.73 Å². The van der Waals surface area contributed by atoms with Crippen molar-refractivity contribution >= 4 is 13.3 Å². The summed E-state index contributed by atoms with van der Waals surface area (Å²) in [5.74, 6) is 0.490. The first-order valence-electron chi connectivity index (χ1n) is 5.52. The molecule has 88 valence electrons. The van der Waals surface area contributed by atoms with Crippen molar-refractivity contribution in [2.75, 3.05) is 13.6 Å². The fraction of sp³-hybridized carbons (Fsp3) is 0.500. The minimum absolute atomic E-state index is 0.00810. The normalized spacial score (nSPS) is 14.9. The van der Waals surface area contributed by atoms with Crippen LogP contribution in [-0.4, -0.2) is 36.7 Å². The minimum atomic E-state index is -0.00810. The molecule has 0 aromatic heterocycles. The van der Waals surface area contributed by atoms with Crippen molar-refractivity contribution < 1.29 is 5.10 Å². The lowest BCUT2D eigenvalue weighted by Gasteiger charge is -2.27. The van der Waals surface area contributed by atoms with Gasteiger partial charge in [0.15, 0.2) is 6.21 Å². The average Bonchev–Trinajstić information content (AvgIpc) is 2.76. The van der Waals surface area contributed by atoms with E-state index in [1.807, 2.05) is 29.2 Å². The van der Waals surface area contributed by atoms with Crippen molar-refractivity contribution in [2.45, 2.75) is 13.8 Å². The standard InChI is InChI=1S/C10H20BN5/c1-5-15(4)11(14-12-9-10(2)3)16-8-6-7-13-16/h5-6,8-10,13-14H,1,7H2,2-4H3/p+1. The van der Waals surface area contributed by atoms with E-state index in [0.717, 1.165) is 6.54 Å². The maximum absolute atomic E-state index is 3.77. The number of rotatable bonds is 6. The van der Waals surface area contributed by atoms with E-state index < -0.39 is 0 Å². The molecule has 1 heterocycles. The Balaban J connectivity index is 2.56. The van der Waals surface area contributed by atoms with Crippen molar-refractivity contribution in [2.24, 2.45) is 5.92 Å². The molecule has 3 N–H and O–H groups in total. The summed E-state index contributed by atoms with van der Waals surface area (Å²) in [6.07, 6.45) is 7.86. The Morgan fingerprint density at radius 2 is 2.44 bits per heavy atom. The highest BCUT2D eigenvalue weighted by Crippen LogP contribution is 1.98. The molecule has 0 radical (unpaired) electrons. The smallest absolute Gasteiger partial charge is 0.382 e. The fourth-order valence-electron chi connectivity index (χ4n) is 1.30. The molecule has 0 atom stereocenters. The first-order valence-corrected chi connectivity index (χ1v) is 5.52. The average molecular weight is 222 g/mol. The molecule has 0 spiro atoms. The Morgan fingerprint density at radius 3 is 2.94 bits per heavy atom. The number of hydrazone groups is 1. The van der Waals surface area contributed by atoms with Crippen LogP contribution in [0.5, 0.6) is 0 Å². The van der Waals surface area contributed by atoms with Gasteiger partial charge in [-0.25, -0.2) is 5.43 Å². The Bertz CT molecular complexity index is 276. The molecular weight excluding hydrogens is 201 g/mol. The number of hydrogen-bond acceptors (Lipinski definition) is 4. The van der Waals surface area contributed by atoms with Crippen molar-refractivity contribution in [1.29, 1.82) is 0 Å². The van der Waals surface area contributed by atoms with Crippen molar-refractivity contribution in [1.82, 2.24) is 20.5 Å². The van der Waals surface area contributed by atoms with Gasteiger partial charge in [0.2, 0.25) is 0 Å². The van der Waals surface area contributed by atoms with Gasteiger partial charge in [0.25, 0.3) is 0 Å². The predicted molar refractivity (Wildman–Crippen MR) is 67.7 cm³/mol. The predicted octanol–water partition coefficient (Wildman–Crippen LogP) is -1.31. The summed E-state index contributed by atoms with van der Waals surface area (Å²) >= 11 is 0. The molecule has 0 bridgehead atoms. The van der Waals surface area contributed by atoms with Crippen molar-refractivity contribution in [3.63, 3.8) is 0 Å². The van der Waals surface area contributed by atoms with Crippen LogP contribution in [0.3, 0.4) is 0 Å². The third-order valence-electron chi connectivity index (χ3n) is 2.22. The summed E-state index contributed by atoms with van der Waals surface area (Å²) in [4.78, 5) is 3.96. The zero-order valence-corrected chi connectivity index (χ0v) is 10.3. The maximum atomic E-state index is 3.77. The van der Waals surface area contributed by atoms with Crippen LogP contribution in [-0.2, 0) is 0 Å². The minimum Gasteiger partial charge on any atom is -0.382 e. The van der Waals surface area contributed by atoms with Gasteiger partial charge in [-0.3, -0.25) is 0 Å². The zero-order chi connectivity index (χ0) is 12.0. The number of nitrogens with zero attached hydrogens (tertiary/aromatic N) is 2. The third-order valence-corrected chi connectivity index (χ3v) is 2.22. The molecule has 5 nitrogen and oxygen atoms in total. The van der Waals surface area contributed by atoms with Gasteiger partial charge in [0.05, 0.1) is 0 Å². The summed E-state index contributed by atoms with van der Waals surface area (Å²) in [6.45, 7) is 8.86. The van der Waals surface area contributed by atoms with Crippen LogP contribution in [0.15, 0.2) is 25.1 Å². The molecule has 0 amide bonds. The molecule has 0 saturated heterocycles. The van der Waals surface area contributed by atoms with E-state index >= 15 is 0 Å². The monoisotopic (exact) mass is 222 g/mol. The van der Waals surface area contributed by atoms with E-state index in [1.165, 1.54) is 0 Å². The Morgan fingerprint density at radius 1 is 1.69 bits per heavy atom. The van der Waals surface area contributed by atoms with Gasteiger partial charge in [-0.15, -0.1) is 5.10 Å². The lowest BCUT2D eigenvalue weighted by atomic mass is 9.92. The van der Waals surface area contributed by atoms with Crippen LogP contribution in [0.2, 0.25) is 0 Å². The molecule has 0 unspecified atom stereocenters. The summed E-state index contributed by atoms with van der Waals surface area (Å²) < 4.78 is 0. The first-order chi connectivity index (χ1) is 7.65. The van der Waals surface area contributed by atoms with E-state index in [9.17, 15) is 0 Å². The van der Waals surface area contributed by atoms with E-state index in [-0.39, 0.29) is 7.12 Å². The Labute approximate surface area is 98.0 Å².